The number of nitrogens with one attached hydrogen (secondary N) is 2. The molecule has 24 heavy (non-hydrogen) atoms. The maximum Gasteiger partial charge on any atom is 0.224 e. The first-order valence-corrected chi connectivity index (χ1v) is 9.48. The largest absolute Gasteiger partial charge is 0.490 e. The minimum absolute atomic E-state index is 0.103. The molecule has 0 bridgehead atoms. The summed E-state index contributed by atoms with van der Waals surface area (Å²) in [7, 11) is 0. The van der Waals surface area contributed by atoms with Crippen molar-refractivity contribution in [1.29, 1.82) is 0 Å². The van der Waals surface area contributed by atoms with Crippen molar-refractivity contribution in [1.82, 2.24) is 5.32 Å². The van der Waals surface area contributed by atoms with Gasteiger partial charge >= 0.3 is 0 Å². The monoisotopic (exact) mass is 330 g/mol. The van der Waals surface area contributed by atoms with E-state index in [1.165, 1.54) is 25.7 Å². The Morgan fingerprint density at radius 2 is 2.12 bits per heavy atom. The highest BCUT2D eigenvalue weighted by molar-refractivity contribution is 5.91. The highest BCUT2D eigenvalue weighted by Gasteiger charge is 2.22. The first kappa shape index (κ1) is 17.3. The van der Waals surface area contributed by atoms with Gasteiger partial charge in [-0.3, -0.25) is 4.79 Å². The molecule has 1 amide bonds. The normalized spacial score (nSPS) is 23.0. The molecule has 0 aromatic heterocycles. The molecule has 2 fully saturated rings. The molecule has 132 valence electrons. The first-order chi connectivity index (χ1) is 11.7. The second-order valence-corrected chi connectivity index (χ2v) is 7.39. The van der Waals surface area contributed by atoms with Gasteiger partial charge in [-0.05, 0) is 75.6 Å². The molecule has 1 aromatic rings. The molecule has 0 radical (unpaired) electrons. The van der Waals surface area contributed by atoms with Crippen molar-refractivity contribution >= 4 is 11.6 Å². The number of benzene rings is 1. The molecule has 1 saturated carbocycles. The lowest BCUT2D eigenvalue weighted by molar-refractivity contribution is -0.117. The summed E-state index contributed by atoms with van der Waals surface area (Å²) in [5.74, 6) is 1.99. The van der Waals surface area contributed by atoms with Crippen LogP contribution in [0.15, 0.2) is 24.3 Å². The number of amides is 1. The highest BCUT2D eigenvalue weighted by Crippen LogP contribution is 2.26. The van der Waals surface area contributed by atoms with Gasteiger partial charge in [0.2, 0.25) is 5.91 Å². The van der Waals surface area contributed by atoms with E-state index in [0.717, 1.165) is 37.4 Å². The quantitative estimate of drug-likeness (QED) is 0.830. The van der Waals surface area contributed by atoms with Gasteiger partial charge in [0.25, 0.3) is 0 Å². The summed E-state index contributed by atoms with van der Waals surface area (Å²) in [4.78, 5) is 12.3. The molecule has 1 saturated heterocycles. The van der Waals surface area contributed by atoms with Crippen molar-refractivity contribution in [3.05, 3.63) is 24.3 Å². The standard InChI is InChI=1S/C20H30N2O2/c1-15(16-6-5-11-21-14-16)12-20(23)22-17-7-4-10-19(13-17)24-18-8-2-3-9-18/h4,7,10,13,15-16,18,21H,2-3,5-6,8-9,11-12,14H2,1H3,(H,22,23). The van der Waals surface area contributed by atoms with Crippen molar-refractivity contribution in [2.24, 2.45) is 11.8 Å². The summed E-state index contributed by atoms with van der Waals surface area (Å²) in [6, 6.07) is 7.81. The van der Waals surface area contributed by atoms with Crippen LogP contribution in [-0.4, -0.2) is 25.1 Å². The van der Waals surface area contributed by atoms with Gasteiger partial charge in [-0.2, -0.15) is 0 Å². The van der Waals surface area contributed by atoms with Gasteiger partial charge in [-0.1, -0.05) is 13.0 Å². The number of hydrogen-bond donors (Lipinski definition) is 2. The van der Waals surface area contributed by atoms with E-state index in [0.29, 0.717) is 24.4 Å². The van der Waals surface area contributed by atoms with Gasteiger partial charge in [-0.25, -0.2) is 0 Å². The molecule has 1 aromatic carbocycles. The van der Waals surface area contributed by atoms with E-state index in [-0.39, 0.29) is 5.91 Å². The maximum atomic E-state index is 12.3. The predicted octanol–water partition coefficient (Wildman–Crippen LogP) is 3.97. The Labute approximate surface area is 145 Å². The fraction of sp³-hybridized carbons (Fsp3) is 0.650. The van der Waals surface area contributed by atoms with E-state index in [9.17, 15) is 4.79 Å². The molecule has 2 unspecified atom stereocenters. The average Bonchev–Trinajstić information content (AvgIpc) is 3.09. The number of hydrogen-bond acceptors (Lipinski definition) is 3. The van der Waals surface area contributed by atoms with Gasteiger partial charge < -0.3 is 15.4 Å². The van der Waals surface area contributed by atoms with Crippen LogP contribution >= 0.6 is 0 Å². The Kier molecular flexibility index (Phi) is 6.13. The molecule has 3 rings (SSSR count). The van der Waals surface area contributed by atoms with Crippen molar-refractivity contribution in [3.8, 4) is 5.75 Å². The van der Waals surface area contributed by atoms with E-state index < -0.39 is 0 Å². The summed E-state index contributed by atoms with van der Waals surface area (Å²) in [6.45, 7) is 4.35. The number of anilines is 1. The van der Waals surface area contributed by atoms with Crippen LogP contribution in [-0.2, 0) is 4.79 Å². The third kappa shape index (κ3) is 4.97. The smallest absolute Gasteiger partial charge is 0.224 e. The Balaban J connectivity index is 1.50. The molecule has 4 nitrogen and oxygen atoms in total. The minimum Gasteiger partial charge on any atom is -0.490 e. The third-order valence-corrected chi connectivity index (χ3v) is 5.37. The van der Waals surface area contributed by atoms with Crippen molar-refractivity contribution in [2.75, 3.05) is 18.4 Å². The third-order valence-electron chi connectivity index (χ3n) is 5.37. The zero-order valence-corrected chi connectivity index (χ0v) is 14.7. The van der Waals surface area contributed by atoms with Crippen LogP contribution in [0.3, 0.4) is 0 Å². The van der Waals surface area contributed by atoms with Gasteiger partial charge in [-0.15, -0.1) is 0 Å². The Hall–Kier alpha value is -1.55. The molecule has 1 aliphatic heterocycles. The van der Waals surface area contributed by atoms with Gasteiger partial charge in [0.1, 0.15) is 5.75 Å². The van der Waals surface area contributed by atoms with Crippen molar-refractivity contribution in [2.45, 2.75) is 58.0 Å². The molecule has 2 aliphatic rings. The minimum atomic E-state index is 0.103. The van der Waals surface area contributed by atoms with Crippen LogP contribution in [0.2, 0.25) is 0 Å². The highest BCUT2D eigenvalue weighted by atomic mass is 16.5. The van der Waals surface area contributed by atoms with E-state index in [4.69, 9.17) is 4.74 Å². The van der Waals surface area contributed by atoms with Crippen LogP contribution in [0.25, 0.3) is 0 Å². The number of carbonyl (C=O) groups is 1. The molecular formula is C20H30N2O2. The average molecular weight is 330 g/mol. The second-order valence-electron chi connectivity index (χ2n) is 7.39. The number of piperidine rings is 1. The number of ether oxygens (including phenoxy) is 1. The Morgan fingerprint density at radius 1 is 1.29 bits per heavy atom. The maximum absolute atomic E-state index is 12.3. The topological polar surface area (TPSA) is 50.4 Å². The second kappa shape index (κ2) is 8.52. The molecule has 1 heterocycles. The number of rotatable bonds is 6. The van der Waals surface area contributed by atoms with Crippen LogP contribution in [0.5, 0.6) is 5.75 Å². The first-order valence-electron chi connectivity index (χ1n) is 9.48. The molecule has 0 spiro atoms. The number of carbonyl (C=O) groups excluding carboxylic acids is 1. The summed E-state index contributed by atoms with van der Waals surface area (Å²) in [5, 5.41) is 6.47. The van der Waals surface area contributed by atoms with Gasteiger partial charge in [0, 0.05) is 18.2 Å². The van der Waals surface area contributed by atoms with Crippen LogP contribution in [0.4, 0.5) is 5.69 Å². The lowest BCUT2D eigenvalue weighted by atomic mass is 9.85. The molecule has 4 heteroatoms. The Morgan fingerprint density at radius 3 is 2.88 bits per heavy atom. The zero-order chi connectivity index (χ0) is 16.8. The summed E-state index contributed by atoms with van der Waals surface area (Å²) >= 11 is 0. The van der Waals surface area contributed by atoms with Crippen LogP contribution < -0.4 is 15.4 Å². The molecule has 1 aliphatic carbocycles. The molecule has 2 atom stereocenters. The van der Waals surface area contributed by atoms with Crippen LogP contribution in [0.1, 0.15) is 51.9 Å². The van der Waals surface area contributed by atoms with Crippen molar-refractivity contribution in [3.63, 3.8) is 0 Å². The van der Waals surface area contributed by atoms with E-state index in [1.54, 1.807) is 0 Å². The lowest BCUT2D eigenvalue weighted by Crippen LogP contribution is -2.34. The fourth-order valence-electron chi connectivity index (χ4n) is 3.88. The molecule has 2 N–H and O–H groups in total. The molecular weight excluding hydrogens is 300 g/mol. The van der Waals surface area contributed by atoms with E-state index in [2.05, 4.69) is 17.6 Å². The summed E-state index contributed by atoms with van der Waals surface area (Å²) in [6.07, 6.45) is 8.18. The van der Waals surface area contributed by atoms with Gasteiger partial charge in [0.05, 0.1) is 6.10 Å². The lowest BCUT2D eigenvalue weighted by Gasteiger charge is -2.28. The van der Waals surface area contributed by atoms with Crippen molar-refractivity contribution < 1.29 is 9.53 Å². The fourth-order valence-corrected chi connectivity index (χ4v) is 3.88. The van der Waals surface area contributed by atoms with E-state index >= 15 is 0 Å². The Bertz CT molecular complexity index is 534. The summed E-state index contributed by atoms with van der Waals surface area (Å²) in [5.41, 5.74) is 0.837. The van der Waals surface area contributed by atoms with E-state index in [1.807, 2.05) is 24.3 Å². The zero-order valence-electron chi connectivity index (χ0n) is 14.7. The summed E-state index contributed by atoms with van der Waals surface area (Å²) < 4.78 is 6.01. The van der Waals surface area contributed by atoms with Crippen LogP contribution in [0, 0.1) is 11.8 Å². The SMILES string of the molecule is CC(CC(=O)Nc1cccc(OC2CCCC2)c1)C1CCCNC1. The van der Waals surface area contributed by atoms with Gasteiger partial charge in [0.15, 0.2) is 0 Å². The predicted molar refractivity (Wildman–Crippen MR) is 97.3 cm³/mol.